The summed E-state index contributed by atoms with van der Waals surface area (Å²) in [6.45, 7) is 2.12. The fraction of sp³-hybridized carbons (Fsp3) is 0.308. The Labute approximate surface area is 215 Å². The molecule has 1 N–H and O–H groups in total. The molecular formula is C26H23F4N7O. The number of halogens is 4. The Kier molecular flexibility index (Phi) is 6.86. The van der Waals surface area contributed by atoms with Gasteiger partial charge in [-0.3, -0.25) is 9.69 Å². The summed E-state index contributed by atoms with van der Waals surface area (Å²) in [5.41, 5.74) is 0.905. The van der Waals surface area contributed by atoms with Crippen LogP contribution in [0.5, 0.6) is 0 Å². The fourth-order valence-electron chi connectivity index (χ4n) is 4.72. The number of alkyl halides is 3. The summed E-state index contributed by atoms with van der Waals surface area (Å²) in [5.74, 6) is -1.83. The SMILES string of the molecule is N#CCC(CN1CCN(C(=O)c2ccc(C(F)(F)F)cc2F)CC1)n1ccc(-c2ncnc3[nH]ccc23)c1. The quantitative estimate of drug-likeness (QED) is 0.374. The molecule has 4 heterocycles. The molecule has 12 heteroatoms. The maximum absolute atomic E-state index is 14.3. The number of hydrogen-bond donors (Lipinski definition) is 1. The molecule has 38 heavy (non-hydrogen) atoms. The zero-order chi connectivity index (χ0) is 26.9. The molecule has 8 nitrogen and oxygen atoms in total. The van der Waals surface area contributed by atoms with Crippen molar-refractivity contribution in [3.8, 4) is 17.3 Å². The van der Waals surface area contributed by atoms with Crippen molar-refractivity contribution in [3.63, 3.8) is 0 Å². The second kappa shape index (κ2) is 10.3. The normalized spacial score (nSPS) is 15.5. The van der Waals surface area contributed by atoms with E-state index < -0.39 is 23.5 Å². The molecule has 4 aromatic rings. The Morgan fingerprint density at radius 3 is 2.63 bits per heavy atom. The number of amides is 1. The van der Waals surface area contributed by atoms with E-state index in [1.54, 1.807) is 6.20 Å². The molecule has 0 saturated carbocycles. The van der Waals surface area contributed by atoms with Crippen molar-refractivity contribution < 1.29 is 22.4 Å². The predicted molar refractivity (Wildman–Crippen MR) is 130 cm³/mol. The molecule has 196 valence electrons. The van der Waals surface area contributed by atoms with Crippen LogP contribution in [0, 0.1) is 17.1 Å². The fourth-order valence-corrected chi connectivity index (χ4v) is 4.72. The van der Waals surface area contributed by atoms with Gasteiger partial charge in [-0.05, 0) is 30.3 Å². The number of H-pyrrole nitrogens is 1. The number of carbonyl (C=O) groups is 1. The van der Waals surface area contributed by atoms with E-state index in [0.29, 0.717) is 44.9 Å². The molecule has 0 spiro atoms. The van der Waals surface area contributed by atoms with Crippen molar-refractivity contribution in [2.45, 2.75) is 18.6 Å². The Hall–Kier alpha value is -4.24. The van der Waals surface area contributed by atoms with E-state index in [0.717, 1.165) is 28.4 Å². The molecule has 0 aliphatic carbocycles. The molecule has 1 atom stereocenters. The molecule has 1 aliphatic heterocycles. The number of benzene rings is 1. The first-order valence-electron chi connectivity index (χ1n) is 12.0. The lowest BCUT2D eigenvalue weighted by Gasteiger charge is -2.36. The number of aromatic amines is 1. The topological polar surface area (TPSA) is 93.8 Å². The molecule has 5 rings (SSSR count). The maximum atomic E-state index is 14.3. The molecule has 1 aromatic carbocycles. The summed E-state index contributed by atoms with van der Waals surface area (Å²) >= 11 is 0. The maximum Gasteiger partial charge on any atom is 0.416 e. The smallest absolute Gasteiger partial charge is 0.348 e. The number of fused-ring (bicyclic) bond motifs is 1. The van der Waals surface area contributed by atoms with Crippen molar-refractivity contribution in [1.82, 2.24) is 29.3 Å². The van der Waals surface area contributed by atoms with Gasteiger partial charge >= 0.3 is 6.18 Å². The van der Waals surface area contributed by atoms with E-state index in [4.69, 9.17) is 0 Å². The van der Waals surface area contributed by atoms with Crippen LogP contribution in [0.25, 0.3) is 22.3 Å². The third kappa shape index (κ3) is 5.10. The van der Waals surface area contributed by atoms with Crippen molar-refractivity contribution in [2.24, 2.45) is 0 Å². The van der Waals surface area contributed by atoms with Crippen LogP contribution in [0.2, 0.25) is 0 Å². The summed E-state index contributed by atoms with van der Waals surface area (Å²) in [4.78, 5) is 28.0. The molecule has 1 unspecified atom stereocenters. The minimum Gasteiger partial charge on any atom is -0.348 e. The second-order valence-electron chi connectivity index (χ2n) is 9.11. The molecule has 0 bridgehead atoms. The van der Waals surface area contributed by atoms with Gasteiger partial charge < -0.3 is 14.5 Å². The van der Waals surface area contributed by atoms with Crippen molar-refractivity contribution >= 4 is 16.9 Å². The summed E-state index contributed by atoms with van der Waals surface area (Å²) in [5, 5.41) is 10.3. The van der Waals surface area contributed by atoms with Crippen LogP contribution in [0.15, 0.2) is 55.2 Å². The van der Waals surface area contributed by atoms with E-state index in [2.05, 4.69) is 25.9 Å². The average Bonchev–Trinajstić information content (AvgIpc) is 3.58. The summed E-state index contributed by atoms with van der Waals surface area (Å²) in [7, 11) is 0. The van der Waals surface area contributed by atoms with Crippen molar-refractivity contribution in [3.05, 3.63) is 72.2 Å². The molecule has 1 amide bonds. The van der Waals surface area contributed by atoms with Gasteiger partial charge in [0, 0.05) is 62.3 Å². The Morgan fingerprint density at radius 2 is 1.92 bits per heavy atom. The Morgan fingerprint density at radius 1 is 1.13 bits per heavy atom. The number of nitrogens with one attached hydrogen (secondary N) is 1. The lowest BCUT2D eigenvalue weighted by atomic mass is 10.1. The zero-order valence-electron chi connectivity index (χ0n) is 20.1. The average molecular weight is 526 g/mol. The van der Waals surface area contributed by atoms with E-state index in [9.17, 15) is 27.6 Å². The van der Waals surface area contributed by atoms with Gasteiger partial charge in [-0.15, -0.1) is 0 Å². The minimum atomic E-state index is -4.68. The number of piperazine rings is 1. The predicted octanol–water partition coefficient (Wildman–Crippen LogP) is 4.50. The molecule has 1 fully saturated rings. The van der Waals surface area contributed by atoms with Crippen LogP contribution in [-0.4, -0.2) is 67.9 Å². The first-order chi connectivity index (χ1) is 18.2. The Bertz CT molecular complexity index is 1500. The lowest BCUT2D eigenvalue weighted by Crippen LogP contribution is -2.50. The van der Waals surface area contributed by atoms with Gasteiger partial charge in [0.2, 0.25) is 0 Å². The van der Waals surface area contributed by atoms with Crippen LogP contribution < -0.4 is 0 Å². The van der Waals surface area contributed by atoms with Crippen LogP contribution in [-0.2, 0) is 6.18 Å². The van der Waals surface area contributed by atoms with Crippen molar-refractivity contribution in [2.75, 3.05) is 32.7 Å². The van der Waals surface area contributed by atoms with Crippen LogP contribution >= 0.6 is 0 Å². The number of carbonyl (C=O) groups excluding carboxylic acids is 1. The number of hydrogen-bond acceptors (Lipinski definition) is 5. The Balaban J connectivity index is 1.24. The van der Waals surface area contributed by atoms with Crippen LogP contribution in [0.4, 0.5) is 17.6 Å². The first kappa shape index (κ1) is 25.4. The highest BCUT2D eigenvalue weighted by molar-refractivity contribution is 5.94. The van der Waals surface area contributed by atoms with Gasteiger partial charge in [-0.1, -0.05) is 0 Å². The number of rotatable bonds is 6. The van der Waals surface area contributed by atoms with Crippen molar-refractivity contribution in [1.29, 1.82) is 5.26 Å². The zero-order valence-corrected chi connectivity index (χ0v) is 20.1. The standard InChI is InChI=1S/C26H23F4N7O/c27-22-13-18(26(28,29)30)1-2-20(22)25(38)36-11-9-35(10-12-36)15-19(3-6-31)37-8-5-17(14-37)23-21-4-7-32-24(21)34-16-33-23/h1-2,4-5,7-8,13-14,16,19H,3,9-12,15H2,(H,32,33,34). The minimum absolute atomic E-state index is 0.146. The molecule has 1 saturated heterocycles. The molecule has 3 aromatic heterocycles. The number of nitriles is 1. The third-order valence-electron chi connectivity index (χ3n) is 6.75. The highest BCUT2D eigenvalue weighted by Crippen LogP contribution is 2.31. The largest absolute Gasteiger partial charge is 0.416 e. The van der Waals surface area contributed by atoms with E-state index in [-0.39, 0.29) is 18.0 Å². The first-order valence-corrected chi connectivity index (χ1v) is 12.0. The second-order valence-corrected chi connectivity index (χ2v) is 9.11. The summed E-state index contributed by atoms with van der Waals surface area (Å²) in [6.07, 6.45) is 2.74. The molecule has 0 radical (unpaired) electrons. The van der Waals surface area contributed by atoms with Crippen LogP contribution in [0.3, 0.4) is 0 Å². The van der Waals surface area contributed by atoms with E-state index in [1.165, 1.54) is 11.2 Å². The highest BCUT2D eigenvalue weighted by atomic mass is 19.4. The molecular weight excluding hydrogens is 502 g/mol. The van der Waals surface area contributed by atoms with E-state index in [1.807, 2.05) is 29.1 Å². The highest BCUT2D eigenvalue weighted by Gasteiger charge is 2.33. The summed E-state index contributed by atoms with van der Waals surface area (Å²) < 4.78 is 54.7. The van der Waals surface area contributed by atoms with Gasteiger partial charge in [0.15, 0.2) is 0 Å². The van der Waals surface area contributed by atoms with Gasteiger partial charge in [0.1, 0.15) is 17.8 Å². The van der Waals surface area contributed by atoms with Gasteiger partial charge in [-0.2, -0.15) is 18.4 Å². The van der Waals surface area contributed by atoms with Gasteiger partial charge in [-0.25, -0.2) is 14.4 Å². The lowest BCUT2D eigenvalue weighted by molar-refractivity contribution is -0.137. The van der Waals surface area contributed by atoms with E-state index >= 15 is 0 Å². The van der Waals surface area contributed by atoms with Gasteiger partial charge in [0.25, 0.3) is 5.91 Å². The third-order valence-corrected chi connectivity index (χ3v) is 6.75. The van der Waals surface area contributed by atoms with Gasteiger partial charge in [0.05, 0.1) is 35.4 Å². The number of nitrogens with zero attached hydrogens (tertiary/aromatic N) is 6. The number of aromatic nitrogens is 4. The summed E-state index contributed by atoms with van der Waals surface area (Å²) in [6, 6.07) is 7.89. The monoisotopic (exact) mass is 525 g/mol. The van der Waals surface area contributed by atoms with Crippen LogP contribution in [0.1, 0.15) is 28.4 Å². The molecule has 1 aliphatic rings.